The standard InChI is InChI=1S/C21H26FN3O4S/c1-4-23-20(26)16-9-7-8-15(12-16)14-24-21(27)18-13-17(10-11-19(18)22)30(28,29)25(5-2)6-3/h7-13H,4-6,14H2,1-3H3,(H,23,26)(H,24,27). The average Bonchev–Trinajstić information content (AvgIpc) is 2.73. The number of nitrogens with zero attached hydrogens (tertiary/aromatic N) is 1. The van der Waals surface area contributed by atoms with Crippen molar-refractivity contribution in [3.63, 3.8) is 0 Å². The van der Waals surface area contributed by atoms with Gasteiger partial charge in [-0.2, -0.15) is 4.31 Å². The molecule has 0 aliphatic rings. The van der Waals surface area contributed by atoms with Crippen LogP contribution in [0.2, 0.25) is 0 Å². The molecule has 9 heteroatoms. The van der Waals surface area contributed by atoms with E-state index in [0.717, 1.165) is 18.2 Å². The van der Waals surface area contributed by atoms with Gasteiger partial charge in [-0.3, -0.25) is 9.59 Å². The molecule has 0 bridgehead atoms. The molecule has 0 saturated heterocycles. The number of carbonyl (C=O) groups excluding carboxylic acids is 2. The Balaban J connectivity index is 2.20. The maximum Gasteiger partial charge on any atom is 0.254 e. The molecule has 0 heterocycles. The first kappa shape index (κ1) is 23.5. The van der Waals surface area contributed by atoms with Crippen LogP contribution < -0.4 is 10.6 Å². The summed E-state index contributed by atoms with van der Waals surface area (Å²) < 4.78 is 40.8. The van der Waals surface area contributed by atoms with Crippen LogP contribution in [0, 0.1) is 5.82 Å². The molecular weight excluding hydrogens is 409 g/mol. The number of rotatable bonds is 9. The van der Waals surface area contributed by atoms with Gasteiger partial charge in [0.15, 0.2) is 0 Å². The molecule has 7 nitrogen and oxygen atoms in total. The third-order valence-electron chi connectivity index (χ3n) is 4.51. The zero-order valence-electron chi connectivity index (χ0n) is 17.2. The van der Waals surface area contributed by atoms with Crippen molar-refractivity contribution < 1.29 is 22.4 Å². The largest absolute Gasteiger partial charge is 0.352 e. The summed E-state index contributed by atoms with van der Waals surface area (Å²) in [5, 5.41) is 5.26. The lowest BCUT2D eigenvalue weighted by Crippen LogP contribution is -2.31. The van der Waals surface area contributed by atoms with Crippen LogP contribution in [0.25, 0.3) is 0 Å². The van der Waals surface area contributed by atoms with Crippen LogP contribution in [0.1, 0.15) is 47.1 Å². The minimum absolute atomic E-state index is 0.0541. The molecule has 162 valence electrons. The maximum absolute atomic E-state index is 14.2. The molecule has 0 radical (unpaired) electrons. The van der Waals surface area contributed by atoms with Gasteiger partial charge in [0.05, 0.1) is 10.5 Å². The first-order chi connectivity index (χ1) is 14.2. The van der Waals surface area contributed by atoms with Crippen LogP contribution in [-0.2, 0) is 16.6 Å². The fourth-order valence-electron chi connectivity index (χ4n) is 2.91. The minimum Gasteiger partial charge on any atom is -0.352 e. The van der Waals surface area contributed by atoms with Crippen molar-refractivity contribution in [3.05, 3.63) is 65.0 Å². The van der Waals surface area contributed by atoms with Crippen molar-refractivity contribution in [2.75, 3.05) is 19.6 Å². The highest BCUT2D eigenvalue weighted by Crippen LogP contribution is 2.19. The van der Waals surface area contributed by atoms with Crippen molar-refractivity contribution in [2.45, 2.75) is 32.2 Å². The second-order valence-corrected chi connectivity index (χ2v) is 8.41. The molecular formula is C21H26FN3O4S. The normalized spacial score (nSPS) is 11.4. The van der Waals surface area contributed by atoms with E-state index in [1.807, 2.05) is 6.92 Å². The molecule has 0 unspecified atom stereocenters. The summed E-state index contributed by atoms with van der Waals surface area (Å²) in [7, 11) is -3.82. The molecule has 0 atom stereocenters. The summed E-state index contributed by atoms with van der Waals surface area (Å²) in [6, 6.07) is 9.85. The Bertz CT molecular complexity index is 1020. The van der Waals surface area contributed by atoms with Crippen molar-refractivity contribution in [1.29, 1.82) is 0 Å². The monoisotopic (exact) mass is 435 g/mol. The average molecular weight is 436 g/mol. The van der Waals surface area contributed by atoms with Gasteiger partial charge in [0.25, 0.3) is 11.8 Å². The lowest BCUT2D eigenvalue weighted by molar-refractivity contribution is 0.0943. The number of carbonyl (C=O) groups is 2. The Morgan fingerprint density at radius 1 is 0.967 bits per heavy atom. The summed E-state index contributed by atoms with van der Waals surface area (Å²) >= 11 is 0. The van der Waals surface area contributed by atoms with Crippen molar-refractivity contribution in [1.82, 2.24) is 14.9 Å². The molecule has 0 aliphatic heterocycles. The van der Waals surface area contributed by atoms with E-state index in [1.165, 1.54) is 4.31 Å². The van der Waals surface area contributed by atoms with Crippen molar-refractivity contribution in [3.8, 4) is 0 Å². The highest BCUT2D eigenvalue weighted by atomic mass is 32.2. The number of sulfonamides is 1. The molecule has 2 aromatic rings. The molecule has 0 fully saturated rings. The number of benzene rings is 2. The quantitative estimate of drug-likeness (QED) is 0.633. The van der Waals surface area contributed by atoms with E-state index in [-0.39, 0.29) is 36.0 Å². The zero-order valence-corrected chi connectivity index (χ0v) is 18.1. The topological polar surface area (TPSA) is 95.6 Å². The molecule has 0 aromatic heterocycles. The van der Waals surface area contributed by atoms with E-state index in [1.54, 1.807) is 38.1 Å². The van der Waals surface area contributed by atoms with E-state index in [2.05, 4.69) is 10.6 Å². The third-order valence-corrected chi connectivity index (χ3v) is 6.55. The molecule has 0 saturated carbocycles. The SMILES string of the molecule is CCNC(=O)c1cccc(CNC(=O)c2cc(S(=O)(=O)N(CC)CC)ccc2F)c1. The third kappa shape index (κ3) is 5.43. The van der Waals surface area contributed by atoms with Gasteiger partial charge >= 0.3 is 0 Å². The summed E-state index contributed by atoms with van der Waals surface area (Å²) in [5.41, 5.74) is 0.740. The Morgan fingerprint density at radius 3 is 2.30 bits per heavy atom. The fraction of sp³-hybridized carbons (Fsp3) is 0.333. The highest BCUT2D eigenvalue weighted by molar-refractivity contribution is 7.89. The van der Waals surface area contributed by atoms with E-state index >= 15 is 0 Å². The van der Waals surface area contributed by atoms with Crippen LogP contribution in [-0.4, -0.2) is 44.2 Å². The zero-order chi connectivity index (χ0) is 22.3. The number of halogens is 1. The molecule has 30 heavy (non-hydrogen) atoms. The highest BCUT2D eigenvalue weighted by Gasteiger charge is 2.24. The Hall–Kier alpha value is -2.78. The number of hydrogen-bond donors (Lipinski definition) is 2. The summed E-state index contributed by atoms with van der Waals surface area (Å²) in [6.45, 7) is 6.29. The molecule has 2 rings (SSSR count). The van der Waals surface area contributed by atoms with Gasteiger partial charge in [-0.15, -0.1) is 0 Å². The van der Waals surface area contributed by atoms with Gasteiger partial charge in [0.2, 0.25) is 10.0 Å². The summed E-state index contributed by atoms with van der Waals surface area (Å²) in [4.78, 5) is 24.3. The van der Waals surface area contributed by atoms with Gasteiger partial charge in [0, 0.05) is 31.7 Å². The Labute approximate surface area is 176 Å². The van der Waals surface area contributed by atoms with Crippen LogP contribution >= 0.6 is 0 Å². The van der Waals surface area contributed by atoms with Crippen LogP contribution in [0.3, 0.4) is 0 Å². The lowest BCUT2D eigenvalue weighted by atomic mass is 10.1. The predicted molar refractivity (Wildman–Crippen MR) is 112 cm³/mol. The van der Waals surface area contributed by atoms with Crippen molar-refractivity contribution >= 4 is 21.8 Å². The van der Waals surface area contributed by atoms with E-state index < -0.39 is 21.7 Å². The smallest absolute Gasteiger partial charge is 0.254 e. The molecule has 0 spiro atoms. The van der Waals surface area contributed by atoms with E-state index in [9.17, 15) is 22.4 Å². The second-order valence-electron chi connectivity index (χ2n) is 6.47. The van der Waals surface area contributed by atoms with Gasteiger partial charge < -0.3 is 10.6 Å². The first-order valence-corrected chi connectivity index (χ1v) is 11.1. The number of amides is 2. The van der Waals surface area contributed by atoms with Gasteiger partial charge in [-0.1, -0.05) is 26.0 Å². The summed E-state index contributed by atoms with van der Waals surface area (Å²) in [5.74, 6) is -1.79. The first-order valence-electron chi connectivity index (χ1n) is 9.69. The predicted octanol–water partition coefficient (Wildman–Crippen LogP) is 2.54. The molecule has 2 amide bonds. The Kier molecular flexibility index (Phi) is 8.08. The van der Waals surface area contributed by atoms with Gasteiger partial charge in [-0.05, 0) is 42.8 Å². The van der Waals surface area contributed by atoms with E-state index in [4.69, 9.17) is 0 Å². The molecule has 2 aromatic carbocycles. The van der Waals surface area contributed by atoms with Gasteiger partial charge in [0.1, 0.15) is 5.82 Å². The fourth-order valence-corrected chi connectivity index (χ4v) is 4.40. The molecule has 2 N–H and O–H groups in total. The number of nitrogens with one attached hydrogen (secondary N) is 2. The van der Waals surface area contributed by atoms with Crippen LogP contribution in [0.5, 0.6) is 0 Å². The van der Waals surface area contributed by atoms with Gasteiger partial charge in [-0.25, -0.2) is 12.8 Å². The minimum atomic E-state index is -3.82. The summed E-state index contributed by atoms with van der Waals surface area (Å²) in [6.07, 6.45) is 0. The maximum atomic E-state index is 14.2. The second kappa shape index (κ2) is 10.3. The molecule has 0 aliphatic carbocycles. The van der Waals surface area contributed by atoms with Crippen LogP contribution in [0.4, 0.5) is 4.39 Å². The Morgan fingerprint density at radius 2 is 1.67 bits per heavy atom. The lowest BCUT2D eigenvalue weighted by Gasteiger charge is -2.19. The number of hydrogen-bond acceptors (Lipinski definition) is 4. The van der Waals surface area contributed by atoms with Crippen molar-refractivity contribution in [2.24, 2.45) is 0 Å². The van der Waals surface area contributed by atoms with Crippen LogP contribution in [0.15, 0.2) is 47.4 Å². The van der Waals surface area contributed by atoms with E-state index in [0.29, 0.717) is 17.7 Å².